The van der Waals surface area contributed by atoms with Crippen molar-refractivity contribution in [2.75, 3.05) is 32.8 Å². The van der Waals surface area contributed by atoms with Gasteiger partial charge in [0.25, 0.3) is 0 Å². The Hall–Kier alpha value is -1.59. The molecule has 1 aromatic carbocycles. The molecule has 6 heteroatoms. The SMILES string of the molecule is O=C([C@@H]1CCCN1C(=O)CCCc1ccc(Cl)cc1)N1CCOCC1. The Bertz CT molecular complexity index is 599. The second-order valence-corrected chi connectivity index (χ2v) is 7.10. The molecule has 1 aromatic rings. The Morgan fingerprint density at radius 3 is 2.56 bits per heavy atom. The molecule has 0 spiro atoms. The zero-order valence-corrected chi connectivity index (χ0v) is 15.2. The third-order valence-corrected chi connectivity index (χ3v) is 5.20. The number of ether oxygens (including phenoxy) is 1. The van der Waals surface area contributed by atoms with Crippen LogP contribution in [-0.2, 0) is 20.7 Å². The summed E-state index contributed by atoms with van der Waals surface area (Å²) < 4.78 is 5.31. The second-order valence-electron chi connectivity index (χ2n) is 6.66. The van der Waals surface area contributed by atoms with Crippen molar-refractivity contribution in [2.45, 2.75) is 38.1 Å². The summed E-state index contributed by atoms with van der Waals surface area (Å²) in [6.45, 7) is 3.14. The largest absolute Gasteiger partial charge is 0.378 e. The molecule has 5 nitrogen and oxygen atoms in total. The summed E-state index contributed by atoms with van der Waals surface area (Å²) in [6.07, 6.45) is 3.80. The number of hydrogen-bond donors (Lipinski definition) is 0. The van der Waals surface area contributed by atoms with Gasteiger partial charge in [-0.1, -0.05) is 23.7 Å². The van der Waals surface area contributed by atoms with Gasteiger partial charge in [-0.2, -0.15) is 0 Å². The van der Waals surface area contributed by atoms with Gasteiger partial charge in [0.2, 0.25) is 11.8 Å². The summed E-state index contributed by atoms with van der Waals surface area (Å²) >= 11 is 5.89. The lowest BCUT2D eigenvalue weighted by atomic mass is 10.1. The van der Waals surface area contributed by atoms with Crippen LogP contribution in [0, 0.1) is 0 Å². The number of carbonyl (C=O) groups excluding carboxylic acids is 2. The van der Waals surface area contributed by atoms with Gasteiger partial charge in [-0.15, -0.1) is 0 Å². The highest BCUT2D eigenvalue weighted by Gasteiger charge is 2.36. The van der Waals surface area contributed by atoms with Crippen molar-refractivity contribution < 1.29 is 14.3 Å². The highest BCUT2D eigenvalue weighted by atomic mass is 35.5. The van der Waals surface area contributed by atoms with Crippen molar-refractivity contribution in [1.82, 2.24) is 9.80 Å². The maximum Gasteiger partial charge on any atom is 0.245 e. The minimum atomic E-state index is -0.277. The standard InChI is InChI=1S/C19H25ClN2O3/c20-16-8-6-15(7-9-16)3-1-5-18(23)22-10-2-4-17(22)19(24)21-11-13-25-14-12-21/h6-9,17H,1-5,10-14H2/t17-/m0/s1. The molecule has 25 heavy (non-hydrogen) atoms. The van der Waals surface area contributed by atoms with Gasteiger partial charge in [0.1, 0.15) is 6.04 Å². The maximum atomic E-state index is 12.7. The summed E-state index contributed by atoms with van der Waals surface area (Å²) in [5.41, 5.74) is 1.18. The van der Waals surface area contributed by atoms with Gasteiger partial charge < -0.3 is 14.5 Å². The molecule has 1 atom stereocenters. The second kappa shape index (κ2) is 8.68. The van der Waals surface area contributed by atoms with Gasteiger partial charge in [0.05, 0.1) is 13.2 Å². The molecule has 2 amide bonds. The number of likely N-dealkylation sites (tertiary alicyclic amines) is 1. The van der Waals surface area contributed by atoms with Crippen LogP contribution in [0.1, 0.15) is 31.2 Å². The van der Waals surface area contributed by atoms with E-state index in [1.165, 1.54) is 5.56 Å². The molecule has 3 rings (SSSR count). The van der Waals surface area contributed by atoms with Gasteiger partial charge in [0, 0.05) is 31.1 Å². The predicted octanol–water partition coefficient (Wildman–Crippen LogP) is 2.51. The Labute approximate surface area is 153 Å². The lowest BCUT2D eigenvalue weighted by Crippen LogP contribution is -2.51. The molecule has 136 valence electrons. The van der Waals surface area contributed by atoms with Crippen LogP contribution in [-0.4, -0.2) is 60.5 Å². The van der Waals surface area contributed by atoms with Crippen LogP contribution >= 0.6 is 11.6 Å². The van der Waals surface area contributed by atoms with E-state index < -0.39 is 0 Å². The first kappa shape index (κ1) is 18.2. The van der Waals surface area contributed by atoms with Crippen LogP contribution in [0.25, 0.3) is 0 Å². The van der Waals surface area contributed by atoms with Gasteiger partial charge >= 0.3 is 0 Å². The number of nitrogens with zero attached hydrogens (tertiary/aromatic N) is 2. The number of halogens is 1. The molecule has 0 bridgehead atoms. The fourth-order valence-electron chi connectivity index (χ4n) is 3.55. The first-order valence-corrected chi connectivity index (χ1v) is 9.43. The fourth-order valence-corrected chi connectivity index (χ4v) is 3.68. The Morgan fingerprint density at radius 2 is 1.84 bits per heavy atom. The molecule has 0 radical (unpaired) electrons. The molecular formula is C19H25ClN2O3. The number of carbonyl (C=O) groups is 2. The quantitative estimate of drug-likeness (QED) is 0.806. The zero-order chi connectivity index (χ0) is 17.6. The normalized spacial score (nSPS) is 20.8. The zero-order valence-electron chi connectivity index (χ0n) is 14.5. The summed E-state index contributed by atoms with van der Waals surface area (Å²) in [6, 6.07) is 7.45. The van der Waals surface area contributed by atoms with Crippen molar-refractivity contribution >= 4 is 23.4 Å². The summed E-state index contributed by atoms with van der Waals surface area (Å²) in [5, 5.41) is 0.723. The minimum Gasteiger partial charge on any atom is -0.378 e. The van der Waals surface area contributed by atoms with Gasteiger partial charge in [-0.3, -0.25) is 9.59 Å². The van der Waals surface area contributed by atoms with E-state index in [0.29, 0.717) is 39.3 Å². The molecular weight excluding hydrogens is 340 g/mol. The molecule has 2 aliphatic rings. The van der Waals surface area contributed by atoms with Crippen LogP contribution in [0.4, 0.5) is 0 Å². The van der Waals surface area contributed by atoms with Crippen molar-refractivity contribution in [2.24, 2.45) is 0 Å². The third kappa shape index (κ3) is 4.73. The predicted molar refractivity (Wildman–Crippen MR) is 96.5 cm³/mol. The average Bonchev–Trinajstić information content (AvgIpc) is 3.13. The Morgan fingerprint density at radius 1 is 1.12 bits per heavy atom. The lowest BCUT2D eigenvalue weighted by Gasteiger charge is -2.32. The molecule has 0 N–H and O–H groups in total. The molecule has 2 fully saturated rings. The minimum absolute atomic E-state index is 0.0897. The molecule has 0 saturated carbocycles. The molecule has 2 heterocycles. The number of rotatable bonds is 5. The van der Waals surface area contributed by atoms with Crippen LogP contribution < -0.4 is 0 Å². The highest BCUT2D eigenvalue weighted by molar-refractivity contribution is 6.30. The van der Waals surface area contributed by atoms with Crippen molar-refractivity contribution in [3.05, 3.63) is 34.9 Å². The average molecular weight is 365 g/mol. The van der Waals surface area contributed by atoms with Crippen LogP contribution in [0.15, 0.2) is 24.3 Å². The van der Waals surface area contributed by atoms with E-state index >= 15 is 0 Å². The van der Waals surface area contributed by atoms with Crippen LogP contribution in [0.2, 0.25) is 5.02 Å². The van der Waals surface area contributed by atoms with Crippen LogP contribution in [0.3, 0.4) is 0 Å². The van der Waals surface area contributed by atoms with Crippen molar-refractivity contribution in [3.63, 3.8) is 0 Å². The third-order valence-electron chi connectivity index (χ3n) is 4.95. The van der Waals surface area contributed by atoms with E-state index in [1.807, 2.05) is 29.2 Å². The molecule has 0 aliphatic carbocycles. The van der Waals surface area contributed by atoms with Gasteiger partial charge in [0.15, 0.2) is 0 Å². The number of morpholine rings is 1. The van der Waals surface area contributed by atoms with Crippen molar-refractivity contribution in [1.29, 1.82) is 0 Å². The summed E-state index contributed by atoms with van der Waals surface area (Å²) in [7, 11) is 0. The topological polar surface area (TPSA) is 49.9 Å². The fraction of sp³-hybridized carbons (Fsp3) is 0.579. The first-order chi connectivity index (χ1) is 12.1. The Balaban J connectivity index is 1.50. The van der Waals surface area contributed by atoms with E-state index in [1.54, 1.807) is 4.90 Å². The molecule has 2 saturated heterocycles. The molecule has 0 aromatic heterocycles. The number of amides is 2. The maximum absolute atomic E-state index is 12.7. The Kier molecular flexibility index (Phi) is 6.32. The number of hydrogen-bond acceptors (Lipinski definition) is 3. The number of benzene rings is 1. The summed E-state index contributed by atoms with van der Waals surface area (Å²) in [5.74, 6) is 0.185. The van der Waals surface area contributed by atoms with E-state index in [2.05, 4.69) is 0 Å². The van der Waals surface area contributed by atoms with E-state index in [-0.39, 0.29) is 17.9 Å². The van der Waals surface area contributed by atoms with E-state index in [4.69, 9.17) is 16.3 Å². The van der Waals surface area contributed by atoms with E-state index in [9.17, 15) is 9.59 Å². The van der Waals surface area contributed by atoms with E-state index in [0.717, 1.165) is 30.7 Å². The molecule has 2 aliphatic heterocycles. The highest BCUT2D eigenvalue weighted by Crippen LogP contribution is 2.22. The summed E-state index contributed by atoms with van der Waals surface area (Å²) in [4.78, 5) is 28.9. The van der Waals surface area contributed by atoms with Gasteiger partial charge in [-0.05, 0) is 43.4 Å². The molecule has 0 unspecified atom stereocenters. The monoisotopic (exact) mass is 364 g/mol. The first-order valence-electron chi connectivity index (χ1n) is 9.05. The van der Waals surface area contributed by atoms with Gasteiger partial charge in [-0.25, -0.2) is 0 Å². The lowest BCUT2D eigenvalue weighted by molar-refractivity contribution is -0.146. The van der Waals surface area contributed by atoms with Crippen LogP contribution in [0.5, 0.6) is 0 Å². The van der Waals surface area contributed by atoms with Crippen molar-refractivity contribution in [3.8, 4) is 0 Å². The smallest absolute Gasteiger partial charge is 0.245 e. The number of aryl methyl sites for hydroxylation is 1.